The van der Waals surface area contributed by atoms with Crippen molar-refractivity contribution in [1.82, 2.24) is 25.9 Å². The maximum atomic E-state index is 12.1. The SMILES string of the molecule is O=C(O)CNC(=O)C(Cc1cnc[nH]1)NC(=O)C1CCCN1. The summed E-state index contributed by atoms with van der Waals surface area (Å²) in [5.74, 6) is -1.94. The van der Waals surface area contributed by atoms with Gasteiger partial charge in [-0.25, -0.2) is 4.98 Å². The number of rotatable bonds is 7. The van der Waals surface area contributed by atoms with Crippen LogP contribution in [-0.2, 0) is 20.8 Å². The van der Waals surface area contributed by atoms with Crippen molar-refractivity contribution in [3.05, 3.63) is 18.2 Å². The van der Waals surface area contributed by atoms with E-state index < -0.39 is 24.5 Å². The normalized spacial score (nSPS) is 18.6. The molecule has 0 aromatic carbocycles. The molecule has 1 aromatic heterocycles. The average molecular weight is 309 g/mol. The van der Waals surface area contributed by atoms with Crippen molar-refractivity contribution in [2.24, 2.45) is 0 Å². The minimum atomic E-state index is -1.14. The van der Waals surface area contributed by atoms with E-state index in [1.807, 2.05) is 0 Å². The molecule has 0 bridgehead atoms. The molecule has 0 radical (unpaired) electrons. The van der Waals surface area contributed by atoms with Crippen LogP contribution in [0.15, 0.2) is 12.5 Å². The summed E-state index contributed by atoms with van der Waals surface area (Å²) < 4.78 is 0. The number of aromatic amines is 1. The predicted molar refractivity (Wildman–Crippen MR) is 75.9 cm³/mol. The van der Waals surface area contributed by atoms with Gasteiger partial charge >= 0.3 is 5.97 Å². The van der Waals surface area contributed by atoms with Gasteiger partial charge in [0.1, 0.15) is 12.6 Å². The van der Waals surface area contributed by atoms with Crippen molar-refractivity contribution in [2.45, 2.75) is 31.3 Å². The molecule has 0 aliphatic carbocycles. The first-order valence-corrected chi connectivity index (χ1v) is 7.07. The van der Waals surface area contributed by atoms with Crippen LogP contribution < -0.4 is 16.0 Å². The Morgan fingerprint density at radius 1 is 1.45 bits per heavy atom. The molecule has 2 unspecified atom stereocenters. The monoisotopic (exact) mass is 309 g/mol. The third-order valence-corrected chi connectivity index (χ3v) is 3.40. The summed E-state index contributed by atoms with van der Waals surface area (Å²) in [5, 5.41) is 16.6. The zero-order chi connectivity index (χ0) is 15.9. The number of amides is 2. The largest absolute Gasteiger partial charge is 0.480 e. The highest BCUT2D eigenvalue weighted by Crippen LogP contribution is 2.06. The van der Waals surface area contributed by atoms with E-state index in [1.165, 1.54) is 6.33 Å². The maximum absolute atomic E-state index is 12.1. The number of aromatic nitrogens is 2. The minimum Gasteiger partial charge on any atom is -0.480 e. The number of imidazole rings is 1. The van der Waals surface area contributed by atoms with E-state index in [9.17, 15) is 14.4 Å². The van der Waals surface area contributed by atoms with Gasteiger partial charge < -0.3 is 26.0 Å². The lowest BCUT2D eigenvalue weighted by molar-refractivity contribution is -0.138. The average Bonchev–Trinajstić information content (AvgIpc) is 3.16. The van der Waals surface area contributed by atoms with Gasteiger partial charge in [0, 0.05) is 18.3 Å². The van der Waals surface area contributed by atoms with Crippen LogP contribution in [0, 0.1) is 0 Å². The Morgan fingerprint density at radius 3 is 2.86 bits per heavy atom. The van der Waals surface area contributed by atoms with Crippen LogP contribution in [0.2, 0.25) is 0 Å². The Morgan fingerprint density at radius 2 is 2.27 bits per heavy atom. The zero-order valence-electron chi connectivity index (χ0n) is 12.0. The van der Waals surface area contributed by atoms with Crippen LogP contribution in [0.3, 0.4) is 0 Å². The Hall–Kier alpha value is -2.42. The summed E-state index contributed by atoms with van der Waals surface area (Å²) in [5.41, 5.74) is 0.676. The van der Waals surface area contributed by atoms with E-state index in [4.69, 9.17) is 5.11 Å². The highest BCUT2D eigenvalue weighted by Gasteiger charge is 2.27. The molecule has 120 valence electrons. The zero-order valence-corrected chi connectivity index (χ0v) is 12.0. The highest BCUT2D eigenvalue weighted by atomic mass is 16.4. The predicted octanol–water partition coefficient (Wildman–Crippen LogP) is -1.61. The summed E-state index contributed by atoms with van der Waals surface area (Å²) in [4.78, 5) is 41.5. The molecule has 0 saturated carbocycles. The quantitative estimate of drug-likeness (QED) is 0.411. The summed E-state index contributed by atoms with van der Waals surface area (Å²) in [7, 11) is 0. The molecule has 1 aromatic rings. The molecule has 9 nitrogen and oxygen atoms in total. The van der Waals surface area contributed by atoms with Gasteiger partial charge in [-0.3, -0.25) is 14.4 Å². The summed E-state index contributed by atoms with van der Waals surface area (Å²) in [6, 6.07) is -1.16. The fourth-order valence-corrected chi connectivity index (χ4v) is 2.29. The summed E-state index contributed by atoms with van der Waals surface area (Å²) >= 11 is 0. The third kappa shape index (κ3) is 4.55. The molecule has 9 heteroatoms. The number of H-pyrrole nitrogens is 1. The second-order valence-electron chi connectivity index (χ2n) is 5.10. The second kappa shape index (κ2) is 7.55. The maximum Gasteiger partial charge on any atom is 0.322 e. The number of carboxylic acid groups (broad SMARTS) is 1. The van der Waals surface area contributed by atoms with E-state index in [0.29, 0.717) is 5.69 Å². The van der Waals surface area contributed by atoms with Crippen molar-refractivity contribution >= 4 is 17.8 Å². The fourth-order valence-electron chi connectivity index (χ4n) is 2.29. The van der Waals surface area contributed by atoms with Crippen LogP contribution >= 0.6 is 0 Å². The first-order valence-electron chi connectivity index (χ1n) is 7.07. The molecule has 1 aliphatic heterocycles. The first-order chi connectivity index (χ1) is 10.6. The molecule has 1 saturated heterocycles. The van der Waals surface area contributed by atoms with E-state index in [0.717, 1.165) is 19.4 Å². The Balaban J connectivity index is 1.98. The summed E-state index contributed by atoms with van der Waals surface area (Å²) in [6.07, 6.45) is 4.87. The molecule has 0 spiro atoms. The number of carbonyl (C=O) groups excluding carboxylic acids is 2. The van der Waals surface area contributed by atoms with Crippen molar-refractivity contribution in [2.75, 3.05) is 13.1 Å². The number of nitrogens with one attached hydrogen (secondary N) is 4. The van der Waals surface area contributed by atoms with Gasteiger partial charge in [0.05, 0.1) is 12.4 Å². The molecular formula is C13H19N5O4. The number of carbonyl (C=O) groups is 3. The minimum absolute atomic E-state index is 0.212. The fraction of sp³-hybridized carbons (Fsp3) is 0.538. The van der Waals surface area contributed by atoms with Crippen LogP contribution in [-0.4, -0.2) is 58.0 Å². The van der Waals surface area contributed by atoms with Crippen molar-refractivity contribution in [3.63, 3.8) is 0 Å². The Labute approximate surface area is 126 Å². The first kappa shape index (κ1) is 16.0. The molecule has 2 heterocycles. The number of aliphatic carboxylic acids is 1. The van der Waals surface area contributed by atoms with Crippen LogP contribution in [0.25, 0.3) is 0 Å². The number of nitrogens with zero attached hydrogens (tertiary/aromatic N) is 1. The van der Waals surface area contributed by atoms with Crippen LogP contribution in [0.5, 0.6) is 0 Å². The van der Waals surface area contributed by atoms with Gasteiger partial charge in [0.2, 0.25) is 11.8 Å². The van der Waals surface area contributed by atoms with E-state index in [2.05, 4.69) is 25.9 Å². The van der Waals surface area contributed by atoms with Crippen molar-refractivity contribution in [3.8, 4) is 0 Å². The summed E-state index contributed by atoms with van der Waals surface area (Å²) in [6.45, 7) is 0.282. The van der Waals surface area contributed by atoms with Crippen LogP contribution in [0.1, 0.15) is 18.5 Å². The molecule has 2 amide bonds. The molecule has 2 atom stereocenters. The standard InChI is InChI=1S/C13H19N5O4/c19-11(20)6-16-12(21)10(4-8-5-14-7-17-8)18-13(22)9-2-1-3-15-9/h5,7,9-10,15H,1-4,6H2,(H,14,17)(H,16,21)(H,18,22)(H,19,20). The Kier molecular flexibility index (Phi) is 5.48. The van der Waals surface area contributed by atoms with Gasteiger partial charge in [0.15, 0.2) is 0 Å². The van der Waals surface area contributed by atoms with Gasteiger partial charge in [0.25, 0.3) is 0 Å². The molecule has 1 aliphatic rings. The molecular weight excluding hydrogens is 290 g/mol. The van der Waals surface area contributed by atoms with E-state index >= 15 is 0 Å². The van der Waals surface area contributed by atoms with E-state index in [1.54, 1.807) is 6.20 Å². The molecule has 5 N–H and O–H groups in total. The van der Waals surface area contributed by atoms with Crippen molar-refractivity contribution in [1.29, 1.82) is 0 Å². The van der Waals surface area contributed by atoms with Gasteiger partial charge in [-0.2, -0.15) is 0 Å². The number of hydrogen-bond acceptors (Lipinski definition) is 5. The molecule has 22 heavy (non-hydrogen) atoms. The lowest BCUT2D eigenvalue weighted by Gasteiger charge is -2.19. The lowest BCUT2D eigenvalue weighted by atomic mass is 10.1. The van der Waals surface area contributed by atoms with Crippen LogP contribution in [0.4, 0.5) is 0 Å². The lowest BCUT2D eigenvalue weighted by Crippen LogP contribution is -2.53. The Bertz CT molecular complexity index is 525. The third-order valence-electron chi connectivity index (χ3n) is 3.40. The topological polar surface area (TPSA) is 136 Å². The molecule has 1 fully saturated rings. The number of hydrogen-bond donors (Lipinski definition) is 5. The second-order valence-corrected chi connectivity index (χ2v) is 5.10. The number of carboxylic acids is 1. The molecule has 2 rings (SSSR count). The smallest absolute Gasteiger partial charge is 0.322 e. The van der Waals surface area contributed by atoms with Crippen molar-refractivity contribution < 1.29 is 19.5 Å². The van der Waals surface area contributed by atoms with Gasteiger partial charge in [-0.15, -0.1) is 0 Å². The highest BCUT2D eigenvalue weighted by molar-refractivity contribution is 5.91. The van der Waals surface area contributed by atoms with Gasteiger partial charge in [-0.1, -0.05) is 0 Å². The van der Waals surface area contributed by atoms with E-state index in [-0.39, 0.29) is 18.4 Å². The van der Waals surface area contributed by atoms with Gasteiger partial charge in [-0.05, 0) is 19.4 Å².